The van der Waals surface area contributed by atoms with Gasteiger partial charge in [-0.25, -0.2) is 4.98 Å². The maximum Gasteiger partial charge on any atom is 0.266 e. The van der Waals surface area contributed by atoms with Crippen molar-refractivity contribution in [3.63, 3.8) is 0 Å². The van der Waals surface area contributed by atoms with Gasteiger partial charge in [0.2, 0.25) is 0 Å². The maximum atomic E-state index is 13.3. The normalized spacial score (nSPS) is 11.1. The zero-order valence-electron chi connectivity index (χ0n) is 16.6. The lowest BCUT2D eigenvalue weighted by Gasteiger charge is -2.12. The van der Waals surface area contributed by atoms with E-state index in [1.54, 1.807) is 48.1 Å². The number of para-hydroxylation sites is 1. The zero-order chi connectivity index (χ0) is 21.1. The quantitative estimate of drug-likeness (QED) is 0.541. The molecule has 0 unspecified atom stereocenters. The molecule has 0 saturated heterocycles. The van der Waals surface area contributed by atoms with Crippen LogP contribution in [0, 0.1) is 0 Å². The summed E-state index contributed by atoms with van der Waals surface area (Å²) in [6.07, 6.45) is 3.53. The Morgan fingerprint density at radius 3 is 2.53 bits per heavy atom. The molecule has 0 amide bonds. The van der Waals surface area contributed by atoms with Crippen LogP contribution >= 0.6 is 0 Å². The van der Waals surface area contributed by atoms with Crippen molar-refractivity contribution >= 4 is 23.1 Å². The molecule has 3 aromatic carbocycles. The predicted octanol–water partition coefficient (Wildman–Crippen LogP) is 4.28. The minimum absolute atomic E-state index is 0.0382. The molecule has 0 fully saturated rings. The number of methoxy groups -OCH3 is 2. The van der Waals surface area contributed by atoms with Crippen molar-refractivity contribution in [2.24, 2.45) is 0 Å². The summed E-state index contributed by atoms with van der Waals surface area (Å²) in [5, 5.41) is 10.5. The molecule has 1 heterocycles. The molecule has 0 aliphatic heterocycles. The van der Waals surface area contributed by atoms with E-state index < -0.39 is 0 Å². The first-order valence-electron chi connectivity index (χ1n) is 9.32. The largest absolute Gasteiger partial charge is 0.504 e. The molecule has 30 heavy (non-hydrogen) atoms. The van der Waals surface area contributed by atoms with Gasteiger partial charge in [0.1, 0.15) is 11.6 Å². The van der Waals surface area contributed by atoms with Crippen molar-refractivity contribution in [2.45, 2.75) is 0 Å². The van der Waals surface area contributed by atoms with Crippen LogP contribution in [-0.4, -0.2) is 28.9 Å². The zero-order valence-corrected chi connectivity index (χ0v) is 16.6. The van der Waals surface area contributed by atoms with E-state index in [1.807, 2.05) is 42.5 Å². The summed E-state index contributed by atoms with van der Waals surface area (Å²) in [6, 6.07) is 19.6. The van der Waals surface area contributed by atoms with Crippen molar-refractivity contribution in [3.8, 4) is 22.9 Å². The van der Waals surface area contributed by atoms with Crippen LogP contribution in [0.1, 0.15) is 11.4 Å². The fourth-order valence-corrected chi connectivity index (χ4v) is 3.24. The highest BCUT2D eigenvalue weighted by Crippen LogP contribution is 2.27. The third-order valence-corrected chi connectivity index (χ3v) is 4.74. The average Bonchev–Trinajstić information content (AvgIpc) is 2.78. The van der Waals surface area contributed by atoms with Crippen LogP contribution in [0.15, 0.2) is 71.5 Å². The molecule has 6 heteroatoms. The second kappa shape index (κ2) is 8.13. The summed E-state index contributed by atoms with van der Waals surface area (Å²) in [5.41, 5.74) is 1.83. The van der Waals surface area contributed by atoms with Crippen LogP contribution in [0.3, 0.4) is 0 Å². The Morgan fingerprint density at radius 1 is 0.933 bits per heavy atom. The van der Waals surface area contributed by atoms with Crippen molar-refractivity contribution in [3.05, 3.63) is 88.5 Å². The van der Waals surface area contributed by atoms with Crippen LogP contribution < -0.4 is 15.0 Å². The van der Waals surface area contributed by atoms with E-state index in [1.165, 1.54) is 7.11 Å². The first kappa shape index (κ1) is 19.3. The van der Waals surface area contributed by atoms with Gasteiger partial charge < -0.3 is 14.6 Å². The maximum absolute atomic E-state index is 13.3. The Hall–Kier alpha value is -4.06. The van der Waals surface area contributed by atoms with Gasteiger partial charge in [-0.15, -0.1) is 0 Å². The van der Waals surface area contributed by atoms with Crippen molar-refractivity contribution in [1.82, 2.24) is 9.55 Å². The van der Waals surface area contributed by atoms with E-state index >= 15 is 0 Å². The van der Waals surface area contributed by atoms with E-state index in [0.29, 0.717) is 33.9 Å². The van der Waals surface area contributed by atoms with Gasteiger partial charge >= 0.3 is 0 Å². The number of aromatic nitrogens is 2. The number of ether oxygens (including phenoxy) is 2. The van der Waals surface area contributed by atoms with E-state index in [-0.39, 0.29) is 11.3 Å². The number of benzene rings is 3. The summed E-state index contributed by atoms with van der Waals surface area (Å²) in [4.78, 5) is 18.0. The summed E-state index contributed by atoms with van der Waals surface area (Å²) in [5.74, 6) is 1.53. The van der Waals surface area contributed by atoms with Gasteiger partial charge in [-0.3, -0.25) is 9.36 Å². The number of fused-ring (bicyclic) bond motifs is 1. The minimum atomic E-state index is -0.175. The van der Waals surface area contributed by atoms with Crippen LogP contribution in [0.5, 0.6) is 17.2 Å². The first-order valence-corrected chi connectivity index (χ1v) is 9.32. The Kier molecular flexibility index (Phi) is 5.22. The Balaban J connectivity index is 1.89. The summed E-state index contributed by atoms with van der Waals surface area (Å²) in [6.45, 7) is 0. The van der Waals surface area contributed by atoms with E-state index in [0.717, 1.165) is 5.56 Å². The Morgan fingerprint density at radius 2 is 1.77 bits per heavy atom. The number of nitrogens with zero attached hydrogens (tertiary/aromatic N) is 2. The minimum Gasteiger partial charge on any atom is -0.504 e. The van der Waals surface area contributed by atoms with Crippen LogP contribution in [-0.2, 0) is 0 Å². The second-order valence-corrected chi connectivity index (χ2v) is 6.59. The van der Waals surface area contributed by atoms with Crippen LogP contribution in [0.4, 0.5) is 0 Å². The summed E-state index contributed by atoms with van der Waals surface area (Å²) < 4.78 is 11.9. The number of hydrogen-bond acceptors (Lipinski definition) is 5. The third kappa shape index (κ3) is 3.63. The summed E-state index contributed by atoms with van der Waals surface area (Å²) in [7, 11) is 3.08. The standard InChI is InChI=1S/C24H20N2O4/c1-29-18-7-5-6-17(15-18)26-23(25-20-9-4-3-8-19(20)24(26)28)13-11-16-10-12-22(30-2)21(27)14-16/h3-15,27H,1-2H3/b13-11+. The number of phenolic OH excluding ortho intramolecular Hbond substituents is 1. The van der Waals surface area contributed by atoms with E-state index in [9.17, 15) is 9.90 Å². The molecule has 0 saturated carbocycles. The molecule has 4 rings (SSSR count). The van der Waals surface area contributed by atoms with Crippen molar-refractivity contribution < 1.29 is 14.6 Å². The third-order valence-electron chi connectivity index (χ3n) is 4.74. The van der Waals surface area contributed by atoms with Crippen molar-refractivity contribution in [2.75, 3.05) is 14.2 Å². The van der Waals surface area contributed by atoms with E-state index in [2.05, 4.69) is 4.98 Å². The van der Waals surface area contributed by atoms with Gasteiger partial charge in [-0.05, 0) is 48.0 Å². The monoisotopic (exact) mass is 400 g/mol. The van der Waals surface area contributed by atoms with Gasteiger partial charge in [0.15, 0.2) is 11.5 Å². The second-order valence-electron chi connectivity index (χ2n) is 6.59. The molecule has 0 aliphatic rings. The molecule has 4 aromatic rings. The average molecular weight is 400 g/mol. The lowest BCUT2D eigenvalue weighted by molar-refractivity contribution is 0.373. The molecule has 0 bridgehead atoms. The first-order chi connectivity index (χ1) is 14.6. The lowest BCUT2D eigenvalue weighted by Crippen LogP contribution is -2.22. The van der Waals surface area contributed by atoms with Crippen LogP contribution in [0.2, 0.25) is 0 Å². The van der Waals surface area contributed by atoms with Crippen LogP contribution in [0.25, 0.3) is 28.7 Å². The number of phenols is 1. The topological polar surface area (TPSA) is 73.6 Å². The van der Waals surface area contributed by atoms with Gasteiger partial charge in [0.25, 0.3) is 5.56 Å². The van der Waals surface area contributed by atoms with Crippen molar-refractivity contribution in [1.29, 1.82) is 0 Å². The molecule has 1 N–H and O–H groups in total. The molecule has 0 atom stereocenters. The lowest BCUT2D eigenvalue weighted by atomic mass is 10.1. The Bertz CT molecular complexity index is 1310. The highest BCUT2D eigenvalue weighted by atomic mass is 16.5. The van der Waals surface area contributed by atoms with Gasteiger partial charge in [-0.2, -0.15) is 0 Å². The molecule has 150 valence electrons. The molecular formula is C24H20N2O4. The SMILES string of the molecule is COc1cccc(-n2c(/C=C/c3ccc(OC)c(O)c3)nc3ccccc3c2=O)c1. The van der Waals surface area contributed by atoms with Gasteiger partial charge in [0, 0.05) is 6.07 Å². The fraction of sp³-hybridized carbons (Fsp3) is 0.0833. The predicted molar refractivity (Wildman–Crippen MR) is 117 cm³/mol. The number of hydrogen-bond donors (Lipinski definition) is 1. The number of aromatic hydroxyl groups is 1. The molecule has 0 radical (unpaired) electrons. The van der Waals surface area contributed by atoms with E-state index in [4.69, 9.17) is 9.47 Å². The van der Waals surface area contributed by atoms with Gasteiger partial charge in [-0.1, -0.05) is 30.3 Å². The highest BCUT2D eigenvalue weighted by Gasteiger charge is 2.12. The number of rotatable bonds is 5. The molecule has 6 nitrogen and oxygen atoms in total. The molecule has 0 spiro atoms. The Labute approximate surface area is 173 Å². The molecule has 1 aromatic heterocycles. The highest BCUT2D eigenvalue weighted by molar-refractivity contribution is 5.80. The molecular weight excluding hydrogens is 380 g/mol. The fourth-order valence-electron chi connectivity index (χ4n) is 3.24. The smallest absolute Gasteiger partial charge is 0.266 e. The van der Waals surface area contributed by atoms with Gasteiger partial charge in [0.05, 0.1) is 30.8 Å². The summed E-state index contributed by atoms with van der Waals surface area (Å²) >= 11 is 0. The molecule has 0 aliphatic carbocycles.